The van der Waals surface area contributed by atoms with Crippen LogP contribution in [0.25, 0.3) is 0 Å². The molecular weight excluding hydrogens is 298 g/mol. The Hall–Kier alpha value is -2.31. The highest BCUT2D eigenvalue weighted by atomic mass is 19.4. The molecule has 0 aliphatic heterocycles. The lowest BCUT2D eigenvalue weighted by Gasteiger charge is -2.12. The summed E-state index contributed by atoms with van der Waals surface area (Å²) in [6.45, 7) is 0. The Morgan fingerprint density at radius 2 is 1.43 bits per heavy atom. The number of ketones is 1. The molecule has 0 bridgehead atoms. The second-order valence-electron chi connectivity index (χ2n) is 4.10. The van der Waals surface area contributed by atoms with Crippen molar-refractivity contribution in [3.63, 3.8) is 0 Å². The van der Waals surface area contributed by atoms with Crippen LogP contribution < -0.4 is 0 Å². The summed E-state index contributed by atoms with van der Waals surface area (Å²) in [6, 6.07) is 4.77. The minimum absolute atomic E-state index is 0.474. The zero-order valence-corrected chi connectivity index (χ0v) is 10.1. The van der Waals surface area contributed by atoms with E-state index in [1.165, 1.54) is 0 Å². The number of rotatable bonds is 2. The molecule has 2 aromatic rings. The maximum Gasteiger partial charge on any atom is 0.417 e. The molecule has 0 aliphatic rings. The largest absolute Gasteiger partial charge is 0.417 e. The van der Waals surface area contributed by atoms with Gasteiger partial charge in [0.25, 0.3) is 0 Å². The molecule has 21 heavy (non-hydrogen) atoms. The summed E-state index contributed by atoms with van der Waals surface area (Å²) in [7, 11) is 0. The molecular formula is C14H6F6O. The van der Waals surface area contributed by atoms with E-state index in [1.54, 1.807) is 0 Å². The van der Waals surface area contributed by atoms with E-state index in [-0.39, 0.29) is 0 Å². The molecule has 2 aromatic carbocycles. The monoisotopic (exact) mass is 304 g/mol. The zero-order chi connectivity index (χ0) is 15.8. The highest BCUT2D eigenvalue weighted by Crippen LogP contribution is 2.33. The van der Waals surface area contributed by atoms with Crippen molar-refractivity contribution < 1.29 is 31.1 Å². The van der Waals surface area contributed by atoms with E-state index < -0.39 is 46.1 Å². The lowest BCUT2D eigenvalue weighted by molar-refractivity contribution is -0.137. The fourth-order valence-electron chi connectivity index (χ4n) is 1.77. The Labute approximate surface area is 114 Å². The molecule has 0 saturated heterocycles. The molecule has 0 fully saturated rings. The summed E-state index contributed by atoms with van der Waals surface area (Å²) in [5.74, 6) is -6.64. The summed E-state index contributed by atoms with van der Waals surface area (Å²) >= 11 is 0. The van der Waals surface area contributed by atoms with Crippen molar-refractivity contribution in [2.75, 3.05) is 0 Å². The molecule has 0 N–H and O–H groups in total. The van der Waals surface area contributed by atoms with Crippen LogP contribution in [0.4, 0.5) is 26.3 Å². The number of carbonyl (C=O) groups is 1. The summed E-state index contributed by atoms with van der Waals surface area (Å²) in [4.78, 5) is 12.0. The first-order chi connectivity index (χ1) is 9.73. The molecule has 7 heteroatoms. The summed E-state index contributed by atoms with van der Waals surface area (Å²) in [5.41, 5.74) is -3.08. The Balaban J connectivity index is 2.59. The number of hydrogen-bond donors (Lipinski definition) is 0. The van der Waals surface area contributed by atoms with Crippen molar-refractivity contribution in [2.45, 2.75) is 6.18 Å². The molecule has 0 aromatic heterocycles. The summed E-state index contributed by atoms with van der Waals surface area (Å²) in [6.07, 6.45) is -4.83. The average Bonchev–Trinajstić information content (AvgIpc) is 2.43. The second-order valence-corrected chi connectivity index (χ2v) is 4.10. The predicted molar refractivity (Wildman–Crippen MR) is 61.2 cm³/mol. The van der Waals surface area contributed by atoms with Gasteiger partial charge in [-0.05, 0) is 18.2 Å². The van der Waals surface area contributed by atoms with Gasteiger partial charge in [-0.2, -0.15) is 13.2 Å². The number of alkyl halides is 3. The Bertz CT molecular complexity index is 705. The SMILES string of the molecule is O=C(c1ccccc1C(F)(F)F)c1ccc(F)c(F)c1F. The third-order valence-corrected chi connectivity index (χ3v) is 2.76. The molecule has 110 valence electrons. The van der Waals surface area contributed by atoms with Gasteiger partial charge < -0.3 is 0 Å². The van der Waals surface area contributed by atoms with Crippen LogP contribution in [0, 0.1) is 17.5 Å². The van der Waals surface area contributed by atoms with Gasteiger partial charge in [0.15, 0.2) is 23.2 Å². The molecule has 1 nitrogen and oxygen atoms in total. The van der Waals surface area contributed by atoms with E-state index in [9.17, 15) is 31.1 Å². The van der Waals surface area contributed by atoms with E-state index in [1.807, 2.05) is 0 Å². The van der Waals surface area contributed by atoms with Gasteiger partial charge >= 0.3 is 6.18 Å². The van der Waals surface area contributed by atoms with Gasteiger partial charge in [0, 0.05) is 5.56 Å². The third-order valence-electron chi connectivity index (χ3n) is 2.76. The quantitative estimate of drug-likeness (QED) is 0.458. The number of halogens is 6. The standard InChI is InChI=1S/C14H6F6O/c15-10-6-5-8(11(16)12(10)17)13(21)7-3-1-2-4-9(7)14(18,19)20/h1-6H. The van der Waals surface area contributed by atoms with Crippen molar-refractivity contribution in [3.05, 3.63) is 70.5 Å². The van der Waals surface area contributed by atoms with Gasteiger partial charge in [-0.15, -0.1) is 0 Å². The van der Waals surface area contributed by atoms with Gasteiger partial charge in [-0.25, -0.2) is 13.2 Å². The minimum atomic E-state index is -4.83. The molecule has 0 heterocycles. The molecule has 0 aliphatic carbocycles. The zero-order valence-electron chi connectivity index (χ0n) is 10.1. The smallest absolute Gasteiger partial charge is 0.288 e. The number of benzene rings is 2. The van der Waals surface area contributed by atoms with Crippen LogP contribution in [0.5, 0.6) is 0 Å². The molecule has 0 amide bonds. The highest BCUT2D eigenvalue weighted by Gasteiger charge is 2.35. The first kappa shape index (κ1) is 15.1. The first-order valence-corrected chi connectivity index (χ1v) is 5.58. The molecule has 0 atom stereocenters. The van der Waals surface area contributed by atoms with E-state index in [4.69, 9.17) is 0 Å². The van der Waals surface area contributed by atoms with Gasteiger partial charge in [0.2, 0.25) is 0 Å². The maximum absolute atomic E-state index is 13.5. The van der Waals surface area contributed by atoms with E-state index >= 15 is 0 Å². The Morgan fingerprint density at radius 1 is 0.810 bits per heavy atom. The summed E-state index contributed by atoms with van der Waals surface area (Å²) < 4.78 is 77.7. The predicted octanol–water partition coefficient (Wildman–Crippen LogP) is 4.35. The van der Waals surface area contributed by atoms with Crippen molar-refractivity contribution >= 4 is 5.78 Å². The van der Waals surface area contributed by atoms with Crippen LogP contribution in [0.2, 0.25) is 0 Å². The van der Waals surface area contributed by atoms with Crippen molar-refractivity contribution in [1.29, 1.82) is 0 Å². The van der Waals surface area contributed by atoms with Crippen LogP contribution in [-0.4, -0.2) is 5.78 Å². The average molecular weight is 304 g/mol. The van der Waals surface area contributed by atoms with Crippen molar-refractivity contribution in [2.24, 2.45) is 0 Å². The number of hydrogen-bond acceptors (Lipinski definition) is 1. The van der Waals surface area contributed by atoms with Crippen LogP contribution in [-0.2, 0) is 6.18 Å². The normalized spacial score (nSPS) is 11.5. The van der Waals surface area contributed by atoms with Crippen LogP contribution >= 0.6 is 0 Å². The Kier molecular flexibility index (Phi) is 3.76. The highest BCUT2D eigenvalue weighted by molar-refractivity contribution is 6.10. The molecule has 0 radical (unpaired) electrons. The first-order valence-electron chi connectivity index (χ1n) is 5.58. The van der Waals surface area contributed by atoms with Gasteiger partial charge in [-0.1, -0.05) is 18.2 Å². The van der Waals surface area contributed by atoms with Crippen LogP contribution in [0.15, 0.2) is 36.4 Å². The van der Waals surface area contributed by atoms with E-state index in [0.29, 0.717) is 18.2 Å². The molecule has 0 unspecified atom stereocenters. The molecule has 2 rings (SSSR count). The van der Waals surface area contributed by atoms with E-state index in [0.717, 1.165) is 18.2 Å². The number of carbonyl (C=O) groups excluding carboxylic acids is 1. The van der Waals surface area contributed by atoms with Crippen LogP contribution in [0.1, 0.15) is 21.5 Å². The van der Waals surface area contributed by atoms with Crippen molar-refractivity contribution in [1.82, 2.24) is 0 Å². The molecule has 0 spiro atoms. The fraction of sp³-hybridized carbons (Fsp3) is 0.0714. The topological polar surface area (TPSA) is 17.1 Å². The minimum Gasteiger partial charge on any atom is -0.288 e. The third kappa shape index (κ3) is 2.76. The fourth-order valence-corrected chi connectivity index (χ4v) is 1.77. The molecule has 0 saturated carbocycles. The van der Waals surface area contributed by atoms with Crippen molar-refractivity contribution in [3.8, 4) is 0 Å². The lowest BCUT2D eigenvalue weighted by atomic mass is 9.97. The Morgan fingerprint density at radius 3 is 2.05 bits per heavy atom. The maximum atomic E-state index is 13.5. The van der Waals surface area contributed by atoms with Gasteiger partial charge in [0.05, 0.1) is 11.1 Å². The lowest BCUT2D eigenvalue weighted by Crippen LogP contribution is -2.15. The summed E-state index contributed by atoms with van der Waals surface area (Å²) in [5, 5.41) is 0. The second kappa shape index (κ2) is 5.23. The van der Waals surface area contributed by atoms with Crippen LogP contribution in [0.3, 0.4) is 0 Å². The van der Waals surface area contributed by atoms with E-state index in [2.05, 4.69) is 0 Å². The van der Waals surface area contributed by atoms with Gasteiger partial charge in [-0.3, -0.25) is 4.79 Å². The van der Waals surface area contributed by atoms with Gasteiger partial charge in [0.1, 0.15) is 0 Å².